The van der Waals surface area contributed by atoms with Gasteiger partial charge in [-0.05, 0) is 25.2 Å². The highest BCUT2D eigenvalue weighted by molar-refractivity contribution is 8.11. The molecule has 0 unspecified atom stereocenters. The summed E-state index contributed by atoms with van der Waals surface area (Å²) in [5.41, 5.74) is 0. The Balaban J connectivity index is 2.21. The van der Waals surface area contributed by atoms with Crippen LogP contribution in [0.4, 0.5) is 0 Å². The molecule has 0 aromatic rings. The van der Waals surface area contributed by atoms with Gasteiger partial charge in [-0.25, -0.2) is 0 Å². The summed E-state index contributed by atoms with van der Waals surface area (Å²) in [7, 11) is 1.80. The number of halogens is 1. The van der Waals surface area contributed by atoms with Gasteiger partial charge < -0.3 is 0 Å². The van der Waals surface area contributed by atoms with Crippen molar-refractivity contribution < 1.29 is 8.42 Å². The molecule has 2 aliphatic rings. The molecule has 2 rings (SSSR count). The summed E-state index contributed by atoms with van der Waals surface area (Å²) in [4.78, 5) is 0. The van der Waals surface area contributed by atoms with Crippen LogP contribution in [0.25, 0.3) is 0 Å². The van der Waals surface area contributed by atoms with Crippen LogP contribution in [-0.4, -0.2) is 25.3 Å². The van der Waals surface area contributed by atoms with Gasteiger partial charge in [0, 0.05) is 23.3 Å². The van der Waals surface area contributed by atoms with E-state index in [1.807, 2.05) is 0 Å². The monoisotopic (exact) mass is 195 g/mol. The first-order valence-electron chi connectivity index (χ1n) is 3.79. The van der Waals surface area contributed by atoms with Crippen LogP contribution < -0.4 is 0 Å². The third kappa shape index (κ3) is 1.27. The van der Waals surface area contributed by atoms with Gasteiger partial charge in [-0.15, -0.1) is 0 Å². The molecule has 0 aromatic carbocycles. The van der Waals surface area contributed by atoms with Gasteiger partial charge in [-0.3, -0.25) is 0 Å². The van der Waals surface area contributed by atoms with Crippen molar-refractivity contribution in [2.24, 2.45) is 5.92 Å². The predicted octanol–water partition coefficient (Wildman–Crippen LogP) is 0.954. The first-order valence-corrected chi connectivity index (χ1v) is 6.05. The normalized spacial score (nSPS) is 38.3. The Morgan fingerprint density at radius 1 is 1.36 bits per heavy atom. The molecule has 0 radical (unpaired) electrons. The van der Waals surface area contributed by atoms with E-state index in [9.17, 15) is 8.42 Å². The summed E-state index contributed by atoms with van der Waals surface area (Å²) in [5, 5.41) is 0. The first-order chi connectivity index (χ1) is 5.07. The zero-order valence-corrected chi connectivity index (χ0v) is 7.61. The van der Waals surface area contributed by atoms with Gasteiger partial charge >= 0.3 is 0 Å². The fraction of sp³-hybridized carbons (Fsp3) is 1.00. The largest absolute Gasteiger partial charge is 0.300 e. The second-order valence-corrected chi connectivity index (χ2v) is 5.81. The average Bonchev–Trinajstić information content (AvgIpc) is 2.42. The summed E-state index contributed by atoms with van der Waals surface area (Å²) >= 11 is 0. The number of fused-ring (bicyclic) bond motifs is 2. The Morgan fingerprint density at radius 2 is 2.09 bits per heavy atom. The van der Waals surface area contributed by atoms with Crippen LogP contribution in [0.15, 0.2) is 0 Å². The molecule has 0 aromatic heterocycles. The summed E-state index contributed by atoms with van der Waals surface area (Å²) in [6.07, 6.45) is 3.19. The second kappa shape index (κ2) is 2.34. The van der Waals surface area contributed by atoms with Crippen LogP contribution >= 0.6 is 10.7 Å². The van der Waals surface area contributed by atoms with Crippen LogP contribution in [0.1, 0.15) is 19.3 Å². The number of nitrogens with zero attached hydrogens (tertiary/aromatic N) is 1. The SMILES string of the molecule is O=S(=O)(Cl)N1C[C@@H]2CC[C@H]1C2. The lowest BCUT2D eigenvalue weighted by atomic mass is 10.1. The molecule has 1 saturated heterocycles. The van der Waals surface area contributed by atoms with E-state index in [1.54, 1.807) is 0 Å². The van der Waals surface area contributed by atoms with E-state index >= 15 is 0 Å². The lowest BCUT2D eigenvalue weighted by Gasteiger charge is -2.22. The van der Waals surface area contributed by atoms with Crippen molar-refractivity contribution in [3.05, 3.63) is 0 Å². The number of rotatable bonds is 1. The molecule has 2 fully saturated rings. The maximum Gasteiger partial charge on any atom is 0.300 e. The van der Waals surface area contributed by atoms with Crippen LogP contribution in [0, 0.1) is 5.92 Å². The molecular formula is C6H10ClNO2S. The lowest BCUT2D eigenvalue weighted by molar-refractivity contribution is 0.340. The van der Waals surface area contributed by atoms with E-state index in [-0.39, 0.29) is 6.04 Å². The molecule has 0 spiro atoms. The van der Waals surface area contributed by atoms with Crippen molar-refractivity contribution in [1.29, 1.82) is 0 Å². The molecular weight excluding hydrogens is 186 g/mol. The third-order valence-electron chi connectivity index (χ3n) is 2.64. The number of hydrogen-bond donors (Lipinski definition) is 0. The van der Waals surface area contributed by atoms with Gasteiger partial charge in [0.2, 0.25) is 0 Å². The summed E-state index contributed by atoms with van der Waals surface area (Å²) in [6, 6.07) is 0.211. The Hall–Kier alpha value is 0.200. The van der Waals surface area contributed by atoms with Gasteiger partial charge in [0.25, 0.3) is 9.24 Å². The van der Waals surface area contributed by atoms with Crippen LogP contribution in [-0.2, 0) is 9.24 Å². The second-order valence-electron chi connectivity index (χ2n) is 3.34. The van der Waals surface area contributed by atoms with Crippen molar-refractivity contribution >= 4 is 19.9 Å². The van der Waals surface area contributed by atoms with E-state index in [2.05, 4.69) is 0 Å². The minimum Gasteiger partial charge on any atom is -0.195 e. The lowest BCUT2D eigenvalue weighted by Crippen LogP contribution is -2.34. The van der Waals surface area contributed by atoms with Gasteiger partial charge in [-0.2, -0.15) is 12.7 Å². The molecule has 2 atom stereocenters. The first kappa shape index (κ1) is 7.83. The van der Waals surface area contributed by atoms with E-state index in [0.29, 0.717) is 12.5 Å². The molecule has 1 saturated carbocycles. The van der Waals surface area contributed by atoms with Crippen molar-refractivity contribution in [3.63, 3.8) is 0 Å². The number of piperidine rings is 1. The van der Waals surface area contributed by atoms with Gasteiger partial charge in [-0.1, -0.05) is 0 Å². The smallest absolute Gasteiger partial charge is 0.195 e. The molecule has 64 valence electrons. The molecule has 1 heterocycles. The Labute approximate surface area is 70.9 Å². The fourth-order valence-electron chi connectivity index (χ4n) is 2.15. The topological polar surface area (TPSA) is 37.4 Å². The molecule has 3 nitrogen and oxygen atoms in total. The molecule has 0 amide bonds. The molecule has 1 aliphatic heterocycles. The van der Waals surface area contributed by atoms with Crippen molar-refractivity contribution in [2.45, 2.75) is 25.3 Å². The fourth-order valence-corrected chi connectivity index (χ4v) is 3.59. The minimum absolute atomic E-state index is 0.211. The van der Waals surface area contributed by atoms with Gasteiger partial charge in [0.15, 0.2) is 0 Å². The van der Waals surface area contributed by atoms with Crippen molar-refractivity contribution in [1.82, 2.24) is 4.31 Å². The van der Waals surface area contributed by atoms with Crippen molar-refractivity contribution in [3.8, 4) is 0 Å². The minimum atomic E-state index is -3.43. The Bertz CT molecular complexity index is 264. The molecule has 2 bridgehead atoms. The zero-order valence-electron chi connectivity index (χ0n) is 6.03. The maximum absolute atomic E-state index is 10.9. The molecule has 1 aliphatic carbocycles. The standard InChI is InChI=1S/C6H10ClNO2S/c7-11(9,10)8-4-5-1-2-6(8)3-5/h5-6H,1-4H2/t5-,6+/m1/s1. The van der Waals surface area contributed by atoms with Crippen molar-refractivity contribution in [2.75, 3.05) is 6.54 Å². The summed E-state index contributed by atoms with van der Waals surface area (Å²) in [5.74, 6) is 0.577. The average molecular weight is 196 g/mol. The molecule has 5 heteroatoms. The maximum atomic E-state index is 10.9. The summed E-state index contributed by atoms with van der Waals surface area (Å²) in [6.45, 7) is 0.649. The molecule has 11 heavy (non-hydrogen) atoms. The Kier molecular flexibility index (Phi) is 1.67. The highest BCUT2D eigenvalue weighted by atomic mass is 35.7. The van der Waals surface area contributed by atoms with E-state index in [4.69, 9.17) is 10.7 Å². The summed E-state index contributed by atoms with van der Waals surface area (Å²) < 4.78 is 23.3. The van der Waals surface area contributed by atoms with E-state index in [0.717, 1.165) is 12.8 Å². The quantitative estimate of drug-likeness (QED) is 0.585. The number of hydrogen-bond acceptors (Lipinski definition) is 2. The highest BCUT2D eigenvalue weighted by Crippen LogP contribution is 2.39. The van der Waals surface area contributed by atoms with E-state index < -0.39 is 9.24 Å². The van der Waals surface area contributed by atoms with Gasteiger partial charge in [0.1, 0.15) is 0 Å². The molecule has 0 N–H and O–H groups in total. The Morgan fingerprint density at radius 3 is 2.36 bits per heavy atom. The zero-order chi connectivity index (χ0) is 8.06. The van der Waals surface area contributed by atoms with Gasteiger partial charge in [0.05, 0.1) is 0 Å². The van der Waals surface area contributed by atoms with Crippen LogP contribution in [0.3, 0.4) is 0 Å². The predicted molar refractivity (Wildman–Crippen MR) is 42.6 cm³/mol. The highest BCUT2D eigenvalue weighted by Gasteiger charge is 2.42. The third-order valence-corrected chi connectivity index (χ3v) is 4.18. The van der Waals surface area contributed by atoms with E-state index in [1.165, 1.54) is 10.7 Å². The van der Waals surface area contributed by atoms with Crippen LogP contribution in [0.2, 0.25) is 0 Å². The van der Waals surface area contributed by atoms with Crippen LogP contribution in [0.5, 0.6) is 0 Å².